The van der Waals surface area contributed by atoms with Crippen molar-refractivity contribution >= 4 is 43.2 Å². The van der Waals surface area contributed by atoms with Crippen LogP contribution in [0, 0.1) is 10.1 Å². The zero-order valence-corrected chi connectivity index (χ0v) is 17.9. The number of non-ortho nitro benzene ring substituents is 1. The molecule has 1 amide bonds. The third kappa shape index (κ3) is 4.41. The Labute approximate surface area is 176 Å². The zero-order chi connectivity index (χ0) is 21.2. The lowest BCUT2D eigenvalue weighted by atomic mass is 10.1. The Bertz CT molecular complexity index is 1050. The molecule has 1 aliphatic heterocycles. The van der Waals surface area contributed by atoms with Crippen molar-refractivity contribution in [2.24, 2.45) is 0 Å². The topological polar surface area (TPSA) is 113 Å². The van der Waals surface area contributed by atoms with Crippen molar-refractivity contribution in [3.05, 3.63) is 62.6 Å². The largest absolute Gasteiger partial charge is 0.387 e. The summed E-state index contributed by atoms with van der Waals surface area (Å²) in [7, 11) is -2.04. The predicted molar refractivity (Wildman–Crippen MR) is 111 cm³/mol. The Morgan fingerprint density at radius 1 is 1.14 bits per heavy atom. The summed E-state index contributed by atoms with van der Waals surface area (Å²) < 4.78 is 27.6. The monoisotopic (exact) mass is 482 g/mol. The molecule has 0 saturated carbocycles. The Morgan fingerprint density at radius 2 is 1.83 bits per heavy atom. The van der Waals surface area contributed by atoms with Crippen LogP contribution >= 0.6 is 15.9 Å². The molecule has 0 bridgehead atoms. The van der Waals surface area contributed by atoms with Crippen molar-refractivity contribution in [3.8, 4) is 0 Å². The number of nitro benzene ring substituents is 1. The summed E-state index contributed by atoms with van der Waals surface area (Å²) in [5, 5.41) is 13.9. The van der Waals surface area contributed by atoms with E-state index >= 15 is 0 Å². The van der Waals surface area contributed by atoms with Gasteiger partial charge in [-0.1, -0.05) is 22.0 Å². The van der Waals surface area contributed by atoms with E-state index < -0.39 is 14.9 Å². The second-order valence-corrected chi connectivity index (χ2v) is 9.24. The van der Waals surface area contributed by atoms with E-state index in [9.17, 15) is 23.3 Å². The van der Waals surface area contributed by atoms with Gasteiger partial charge in [-0.15, -0.1) is 0 Å². The summed E-state index contributed by atoms with van der Waals surface area (Å²) in [5.74, 6) is -0.377. The fourth-order valence-corrected chi connectivity index (χ4v) is 5.14. The van der Waals surface area contributed by atoms with E-state index in [1.807, 2.05) is 0 Å². The molecule has 0 aliphatic carbocycles. The fourth-order valence-electron chi connectivity index (χ4n) is 3.12. The zero-order valence-electron chi connectivity index (χ0n) is 15.5. The highest BCUT2D eigenvalue weighted by molar-refractivity contribution is 9.10. The summed E-state index contributed by atoms with van der Waals surface area (Å²) in [6, 6.07) is 10.5. The third-order valence-electron chi connectivity index (χ3n) is 4.67. The van der Waals surface area contributed by atoms with Crippen LogP contribution < -0.4 is 5.32 Å². The maximum absolute atomic E-state index is 12.9. The van der Waals surface area contributed by atoms with Crippen LogP contribution in [-0.2, 0) is 10.0 Å². The van der Waals surface area contributed by atoms with Gasteiger partial charge in [0, 0.05) is 55.5 Å². The number of halogens is 1. The van der Waals surface area contributed by atoms with Gasteiger partial charge in [0.2, 0.25) is 10.0 Å². The quantitative estimate of drug-likeness (QED) is 0.517. The van der Waals surface area contributed by atoms with Gasteiger partial charge >= 0.3 is 0 Å². The summed E-state index contributed by atoms with van der Waals surface area (Å²) in [6.07, 6.45) is 0. The lowest BCUT2D eigenvalue weighted by Gasteiger charge is -2.34. The minimum absolute atomic E-state index is 0.143. The van der Waals surface area contributed by atoms with E-state index in [0.717, 1.165) is 0 Å². The molecular formula is C18H19BrN4O5S. The van der Waals surface area contributed by atoms with Gasteiger partial charge in [0.15, 0.2) is 0 Å². The number of nitrogens with one attached hydrogen (secondary N) is 1. The number of anilines is 1. The van der Waals surface area contributed by atoms with Crippen LogP contribution in [0.3, 0.4) is 0 Å². The number of nitro groups is 1. The maximum Gasteiger partial charge on any atom is 0.270 e. The van der Waals surface area contributed by atoms with Crippen molar-refractivity contribution in [1.82, 2.24) is 9.21 Å². The average Bonchev–Trinajstić information content (AvgIpc) is 2.72. The van der Waals surface area contributed by atoms with Gasteiger partial charge in [-0.25, -0.2) is 8.42 Å². The van der Waals surface area contributed by atoms with Crippen LogP contribution in [0.4, 0.5) is 11.4 Å². The molecule has 1 saturated heterocycles. The first-order valence-corrected chi connectivity index (χ1v) is 11.0. The third-order valence-corrected chi connectivity index (χ3v) is 7.06. The number of amides is 1. The Hall–Kier alpha value is -2.50. The Morgan fingerprint density at radius 3 is 2.41 bits per heavy atom. The molecule has 154 valence electrons. The molecule has 0 aromatic heterocycles. The first kappa shape index (κ1) is 21.2. The van der Waals surface area contributed by atoms with Crippen LogP contribution in [-0.4, -0.2) is 61.7 Å². The van der Waals surface area contributed by atoms with Crippen molar-refractivity contribution in [1.29, 1.82) is 0 Å². The number of carbonyl (C=O) groups is 1. The van der Waals surface area contributed by atoms with Gasteiger partial charge in [0.05, 0.1) is 15.4 Å². The van der Waals surface area contributed by atoms with Gasteiger partial charge in [-0.2, -0.15) is 4.31 Å². The molecule has 1 fully saturated rings. The average molecular weight is 483 g/mol. The lowest BCUT2D eigenvalue weighted by Crippen LogP contribution is -2.50. The van der Waals surface area contributed by atoms with Crippen LogP contribution in [0.2, 0.25) is 0 Å². The van der Waals surface area contributed by atoms with Gasteiger partial charge < -0.3 is 10.2 Å². The number of piperazine rings is 1. The van der Waals surface area contributed by atoms with E-state index in [1.54, 1.807) is 19.2 Å². The molecule has 1 N–H and O–H groups in total. The summed E-state index contributed by atoms with van der Waals surface area (Å²) in [5.41, 5.74) is 0.484. The fraction of sp³-hybridized carbons (Fsp3) is 0.278. The molecule has 1 aliphatic rings. The lowest BCUT2D eigenvalue weighted by molar-refractivity contribution is -0.384. The first-order chi connectivity index (χ1) is 13.7. The minimum atomic E-state index is -3.67. The second-order valence-electron chi connectivity index (χ2n) is 6.39. The van der Waals surface area contributed by atoms with E-state index in [1.165, 1.54) is 39.5 Å². The highest BCUT2D eigenvalue weighted by atomic mass is 79.9. The number of hydrogen-bond donors (Lipinski definition) is 1. The highest BCUT2D eigenvalue weighted by Crippen LogP contribution is 2.25. The van der Waals surface area contributed by atoms with Crippen molar-refractivity contribution < 1.29 is 18.1 Å². The SMILES string of the molecule is CNc1ccc([N+](=O)[O-])cc1C(=O)N1CCN(S(=O)(=O)c2cccc(Br)c2)CC1. The molecule has 29 heavy (non-hydrogen) atoms. The van der Waals surface area contributed by atoms with Gasteiger partial charge in [0.1, 0.15) is 0 Å². The molecule has 0 atom stereocenters. The van der Waals surface area contributed by atoms with Gasteiger partial charge in [-0.3, -0.25) is 14.9 Å². The van der Waals surface area contributed by atoms with Gasteiger partial charge in [-0.05, 0) is 24.3 Å². The van der Waals surface area contributed by atoms with Crippen molar-refractivity contribution in [3.63, 3.8) is 0 Å². The minimum Gasteiger partial charge on any atom is -0.387 e. The molecule has 0 spiro atoms. The standard InChI is InChI=1S/C18H19BrN4O5S/c1-20-17-6-5-14(23(25)26)12-16(17)18(24)21-7-9-22(10-8-21)29(27,28)15-4-2-3-13(19)11-15/h2-6,11-12,20H,7-10H2,1H3. The molecule has 3 rings (SSSR count). The maximum atomic E-state index is 12.9. The molecule has 1 heterocycles. The number of hydrogen-bond acceptors (Lipinski definition) is 6. The molecule has 0 radical (unpaired) electrons. The van der Waals surface area contributed by atoms with Crippen molar-refractivity contribution in [2.45, 2.75) is 4.90 Å². The summed E-state index contributed by atoms with van der Waals surface area (Å²) in [6.45, 7) is 0.671. The summed E-state index contributed by atoms with van der Waals surface area (Å²) >= 11 is 3.27. The second kappa shape index (κ2) is 8.47. The first-order valence-electron chi connectivity index (χ1n) is 8.75. The van der Waals surface area contributed by atoms with E-state index in [-0.39, 0.29) is 48.2 Å². The van der Waals surface area contributed by atoms with E-state index in [0.29, 0.717) is 10.2 Å². The summed E-state index contributed by atoms with van der Waals surface area (Å²) in [4.78, 5) is 25.1. The predicted octanol–water partition coefficient (Wildman–Crippen LogP) is 2.55. The molecule has 11 heteroatoms. The van der Waals surface area contributed by atoms with Gasteiger partial charge in [0.25, 0.3) is 11.6 Å². The Kier molecular flexibility index (Phi) is 6.20. The smallest absolute Gasteiger partial charge is 0.270 e. The number of sulfonamides is 1. The Balaban J connectivity index is 1.76. The van der Waals surface area contributed by atoms with Crippen LogP contribution in [0.1, 0.15) is 10.4 Å². The van der Waals surface area contributed by atoms with E-state index in [2.05, 4.69) is 21.2 Å². The molecular weight excluding hydrogens is 464 g/mol. The van der Waals surface area contributed by atoms with Crippen LogP contribution in [0.5, 0.6) is 0 Å². The van der Waals surface area contributed by atoms with Crippen LogP contribution in [0.25, 0.3) is 0 Å². The molecule has 0 unspecified atom stereocenters. The number of nitrogens with zero attached hydrogens (tertiary/aromatic N) is 3. The van der Waals surface area contributed by atoms with Crippen molar-refractivity contribution in [2.75, 3.05) is 38.5 Å². The molecule has 9 nitrogen and oxygen atoms in total. The molecule has 2 aromatic rings. The van der Waals surface area contributed by atoms with Crippen LogP contribution in [0.15, 0.2) is 51.8 Å². The number of benzene rings is 2. The number of rotatable bonds is 5. The van der Waals surface area contributed by atoms with E-state index in [4.69, 9.17) is 0 Å². The molecule has 2 aromatic carbocycles. The number of carbonyl (C=O) groups excluding carboxylic acids is 1. The normalized spacial score (nSPS) is 15.2. The highest BCUT2D eigenvalue weighted by Gasteiger charge is 2.31.